The summed E-state index contributed by atoms with van der Waals surface area (Å²) < 4.78 is 0. The fourth-order valence-electron chi connectivity index (χ4n) is 4.88. The van der Waals surface area contributed by atoms with E-state index in [4.69, 9.17) is 0 Å². The molecule has 2 amide bonds. The molecule has 0 bridgehead atoms. The van der Waals surface area contributed by atoms with E-state index in [0.717, 1.165) is 21.9 Å². The molecule has 0 saturated carbocycles. The minimum atomic E-state index is -0.953. The predicted molar refractivity (Wildman–Crippen MR) is 127 cm³/mol. The molecule has 0 aromatic heterocycles. The summed E-state index contributed by atoms with van der Waals surface area (Å²) in [7, 11) is 0. The standard InChI is InChI=1S/C27H28N2O3/c1-3-26(30)28-16-22(25(18-28)21-10-5-4-6-11-21)17-29(27(31)32)19(2)23-15-9-13-20-12-7-8-14-24(20)23/h3-15,19,22,25H,1,16-18H2,2H3,(H,31,32)/t19-,22-,25-/m1/s1. The third-order valence-corrected chi connectivity index (χ3v) is 6.57. The van der Waals surface area contributed by atoms with Gasteiger partial charge in [-0.15, -0.1) is 0 Å². The number of nitrogens with zero attached hydrogens (tertiary/aromatic N) is 2. The van der Waals surface area contributed by atoms with Crippen molar-refractivity contribution in [1.29, 1.82) is 0 Å². The first-order valence-corrected chi connectivity index (χ1v) is 10.9. The minimum Gasteiger partial charge on any atom is -0.465 e. The zero-order valence-electron chi connectivity index (χ0n) is 18.2. The zero-order valence-corrected chi connectivity index (χ0v) is 18.2. The molecule has 32 heavy (non-hydrogen) atoms. The second-order valence-electron chi connectivity index (χ2n) is 8.40. The van der Waals surface area contributed by atoms with Gasteiger partial charge in [0.15, 0.2) is 0 Å². The molecule has 3 atom stereocenters. The lowest BCUT2D eigenvalue weighted by atomic mass is 9.88. The van der Waals surface area contributed by atoms with Crippen molar-refractivity contribution in [3.8, 4) is 0 Å². The Morgan fingerprint density at radius 3 is 2.47 bits per heavy atom. The third kappa shape index (κ3) is 4.24. The molecule has 1 saturated heterocycles. The Balaban J connectivity index is 1.65. The van der Waals surface area contributed by atoms with Crippen LogP contribution in [0.5, 0.6) is 0 Å². The van der Waals surface area contributed by atoms with Gasteiger partial charge in [-0.25, -0.2) is 4.79 Å². The summed E-state index contributed by atoms with van der Waals surface area (Å²) in [6.45, 7) is 6.98. The van der Waals surface area contributed by atoms with Crippen LogP contribution in [0.25, 0.3) is 10.8 Å². The minimum absolute atomic E-state index is 0.00479. The number of carbonyl (C=O) groups excluding carboxylic acids is 1. The number of carbonyl (C=O) groups is 2. The van der Waals surface area contributed by atoms with Crippen LogP contribution < -0.4 is 0 Å². The molecule has 1 aliphatic heterocycles. The van der Waals surface area contributed by atoms with Crippen LogP contribution in [0.2, 0.25) is 0 Å². The highest BCUT2D eigenvalue weighted by atomic mass is 16.4. The van der Waals surface area contributed by atoms with Crippen molar-refractivity contribution >= 4 is 22.8 Å². The average Bonchev–Trinajstić information content (AvgIpc) is 3.25. The molecule has 0 radical (unpaired) electrons. The van der Waals surface area contributed by atoms with E-state index >= 15 is 0 Å². The van der Waals surface area contributed by atoms with Crippen molar-refractivity contribution in [3.63, 3.8) is 0 Å². The lowest BCUT2D eigenvalue weighted by molar-refractivity contribution is -0.125. The largest absolute Gasteiger partial charge is 0.465 e. The van der Waals surface area contributed by atoms with Crippen molar-refractivity contribution in [1.82, 2.24) is 9.80 Å². The summed E-state index contributed by atoms with van der Waals surface area (Å²) in [4.78, 5) is 28.0. The van der Waals surface area contributed by atoms with Gasteiger partial charge in [0, 0.05) is 31.5 Å². The van der Waals surface area contributed by atoms with Gasteiger partial charge in [0.25, 0.3) is 0 Å². The van der Waals surface area contributed by atoms with Gasteiger partial charge in [-0.05, 0) is 34.9 Å². The number of amides is 2. The van der Waals surface area contributed by atoms with Gasteiger partial charge < -0.3 is 14.9 Å². The first-order chi connectivity index (χ1) is 15.5. The number of hydrogen-bond acceptors (Lipinski definition) is 2. The second-order valence-corrected chi connectivity index (χ2v) is 8.40. The maximum absolute atomic E-state index is 12.4. The van der Waals surface area contributed by atoms with Crippen molar-refractivity contribution in [2.45, 2.75) is 18.9 Å². The molecule has 164 valence electrons. The average molecular weight is 429 g/mol. The SMILES string of the molecule is C=CC(=O)N1C[C@H](CN(C(=O)O)[C@H](C)c2cccc3ccccc23)[C@@H](c2ccccc2)C1. The molecule has 0 spiro atoms. The number of benzene rings is 3. The molecule has 3 aromatic rings. The highest BCUT2D eigenvalue weighted by molar-refractivity contribution is 5.87. The lowest BCUT2D eigenvalue weighted by Gasteiger charge is -2.31. The molecule has 4 rings (SSSR count). The van der Waals surface area contributed by atoms with Crippen LogP contribution in [0.15, 0.2) is 85.5 Å². The van der Waals surface area contributed by atoms with E-state index in [2.05, 4.69) is 18.7 Å². The fraction of sp³-hybridized carbons (Fsp3) is 0.259. The summed E-state index contributed by atoms with van der Waals surface area (Å²) in [6.07, 6.45) is 0.378. The summed E-state index contributed by atoms with van der Waals surface area (Å²) in [5, 5.41) is 12.3. The molecule has 1 aliphatic rings. The monoisotopic (exact) mass is 428 g/mol. The molecule has 5 nitrogen and oxygen atoms in total. The van der Waals surface area contributed by atoms with Crippen LogP contribution in [0.4, 0.5) is 4.79 Å². The van der Waals surface area contributed by atoms with Crippen LogP contribution in [-0.4, -0.2) is 46.5 Å². The molecular formula is C27H28N2O3. The Kier molecular flexibility index (Phi) is 6.26. The molecular weight excluding hydrogens is 400 g/mol. The number of rotatable bonds is 6. The molecule has 0 unspecified atom stereocenters. The van der Waals surface area contributed by atoms with Gasteiger partial charge in [0.1, 0.15) is 0 Å². The van der Waals surface area contributed by atoms with Gasteiger partial charge in [-0.1, -0.05) is 79.4 Å². The molecule has 1 N–H and O–H groups in total. The summed E-state index contributed by atoms with van der Waals surface area (Å²) in [6, 6.07) is 23.8. The topological polar surface area (TPSA) is 60.9 Å². The Hall–Kier alpha value is -3.60. The highest BCUT2D eigenvalue weighted by Crippen LogP contribution is 2.36. The number of likely N-dealkylation sites (tertiary alicyclic amines) is 1. The molecule has 1 fully saturated rings. The Labute approximate surface area is 188 Å². The zero-order chi connectivity index (χ0) is 22.7. The number of carboxylic acid groups (broad SMARTS) is 1. The molecule has 3 aromatic carbocycles. The first kappa shape index (κ1) is 21.6. The van der Waals surface area contributed by atoms with Crippen molar-refractivity contribution in [3.05, 3.63) is 96.6 Å². The quantitative estimate of drug-likeness (QED) is 0.541. The van der Waals surface area contributed by atoms with E-state index in [-0.39, 0.29) is 23.8 Å². The second kappa shape index (κ2) is 9.27. The van der Waals surface area contributed by atoms with Gasteiger partial charge in [-0.2, -0.15) is 0 Å². The maximum atomic E-state index is 12.4. The van der Waals surface area contributed by atoms with Crippen molar-refractivity contribution in [2.24, 2.45) is 5.92 Å². The van der Waals surface area contributed by atoms with Crippen molar-refractivity contribution < 1.29 is 14.7 Å². The smallest absolute Gasteiger partial charge is 0.407 e. The van der Waals surface area contributed by atoms with E-state index in [0.29, 0.717) is 19.6 Å². The number of fused-ring (bicyclic) bond motifs is 1. The van der Waals surface area contributed by atoms with E-state index < -0.39 is 6.09 Å². The van der Waals surface area contributed by atoms with Crippen molar-refractivity contribution in [2.75, 3.05) is 19.6 Å². The Morgan fingerprint density at radius 1 is 1.06 bits per heavy atom. The summed E-state index contributed by atoms with van der Waals surface area (Å²) in [5.74, 6) is -0.0473. The van der Waals surface area contributed by atoms with Gasteiger partial charge in [0.05, 0.1) is 6.04 Å². The highest BCUT2D eigenvalue weighted by Gasteiger charge is 2.38. The third-order valence-electron chi connectivity index (χ3n) is 6.57. The first-order valence-electron chi connectivity index (χ1n) is 10.9. The molecule has 1 heterocycles. The number of hydrogen-bond donors (Lipinski definition) is 1. The molecule has 0 aliphatic carbocycles. The van der Waals surface area contributed by atoms with Gasteiger partial charge in [0.2, 0.25) is 5.91 Å². The fourth-order valence-corrected chi connectivity index (χ4v) is 4.88. The Bertz CT molecular complexity index is 1120. The van der Waals surface area contributed by atoms with Gasteiger partial charge >= 0.3 is 6.09 Å². The van der Waals surface area contributed by atoms with Gasteiger partial charge in [-0.3, -0.25) is 4.79 Å². The van der Waals surface area contributed by atoms with E-state index in [1.165, 1.54) is 11.0 Å². The van der Waals surface area contributed by atoms with E-state index in [1.807, 2.05) is 67.6 Å². The lowest BCUT2D eigenvalue weighted by Crippen LogP contribution is -2.38. The summed E-state index contributed by atoms with van der Waals surface area (Å²) >= 11 is 0. The van der Waals surface area contributed by atoms with Crippen LogP contribution in [0.1, 0.15) is 30.0 Å². The van der Waals surface area contributed by atoms with Crippen LogP contribution in [-0.2, 0) is 4.79 Å². The summed E-state index contributed by atoms with van der Waals surface area (Å²) in [5.41, 5.74) is 2.11. The van der Waals surface area contributed by atoms with Crippen LogP contribution >= 0.6 is 0 Å². The van der Waals surface area contributed by atoms with Crippen LogP contribution in [0.3, 0.4) is 0 Å². The Morgan fingerprint density at radius 2 is 1.75 bits per heavy atom. The van der Waals surface area contributed by atoms with E-state index in [9.17, 15) is 14.7 Å². The molecule has 5 heteroatoms. The maximum Gasteiger partial charge on any atom is 0.407 e. The van der Waals surface area contributed by atoms with Crippen LogP contribution in [0, 0.1) is 5.92 Å². The normalized spacial score (nSPS) is 19.0. The predicted octanol–water partition coefficient (Wildman–Crippen LogP) is 5.31. The van der Waals surface area contributed by atoms with E-state index in [1.54, 1.807) is 4.90 Å².